The van der Waals surface area contributed by atoms with Gasteiger partial charge in [-0.3, -0.25) is 0 Å². The third kappa shape index (κ3) is 11.9. The summed E-state index contributed by atoms with van der Waals surface area (Å²) >= 11 is 27.6. The summed E-state index contributed by atoms with van der Waals surface area (Å²) in [5, 5.41) is 5.25. The highest BCUT2D eigenvalue weighted by atomic mass is 127. The van der Waals surface area contributed by atoms with Gasteiger partial charge >= 0.3 is 12.2 Å². The molecule has 0 fully saturated rings. The standard InChI is InChI=1S/C22H25Cl2NO2.C21H23Cl2NO2.CH3I/c1-22(2,3)27-21(26)25(4)13-14-12-18(16-9-6-5-8-15(14)16)17-10-7-11-19(23)20(17)24;1-21(2,3)26-20(25)24-12-13-11-17(15-8-5-4-7-14(13)15)16-9-6-10-18(22)19(16)23;1-2/h5-11,14,18H,12-13H2,1-4H3;4-10,13,17H,11-12H2,1-3H3,(H,24,25);1H3. The summed E-state index contributed by atoms with van der Waals surface area (Å²) in [6.45, 7) is 12.3. The molecule has 0 saturated heterocycles. The van der Waals surface area contributed by atoms with Gasteiger partial charge in [-0.1, -0.05) is 142 Å². The molecule has 11 heteroatoms. The number of nitrogens with zero attached hydrogens (tertiary/aromatic N) is 1. The average molecular weight is 941 g/mol. The molecule has 2 amide bonds. The number of ether oxygens (including phenoxy) is 2. The summed E-state index contributed by atoms with van der Waals surface area (Å²) in [6, 6.07) is 28.2. The lowest BCUT2D eigenvalue weighted by molar-refractivity contribution is 0.0288. The Morgan fingerprint density at radius 2 is 1.04 bits per heavy atom. The predicted octanol–water partition coefficient (Wildman–Crippen LogP) is 13.7. The molecule has 2 aliphatic rings. The lowest BCUT2D eigenvalue weighted by Gasteiger charge is -2.26. The van der Waals surface area contributed by atoms with Gasteiger partial charge in [0.2, 0.25) is 0 Å². The molecule has 296 valence electrons. The molecule has 1 N–H and O–H groups in total. The Hall–Kier alpha value is -2.69. The van der Waals surface area contributed by atoms with Crippen LogP contribution in [0.25, 0.3) is 0 Å². The van der Waals surface area contributed by atoms with Crippen LogP contribution < -0.4 is 5.32 Å². The summed E-state index contributed by atoms with van der Waals surface area (Å²) < 4.78 is 10.8. The minimum absolute atomic E-state index is 0.169. The zero-order chi connectivity index (χ0) is 40.7. The fraction of sp³-hybridized carbons (Fsp3) is 0.409. The second-order valence-corrected chi connectivity index (χ2v) is 17.3. The second-order valence-electron chi connectivity index (χ2n) is 15.8. The van der Waals surface area contributed by atoms with E-state index in [0.717, 1.165) is 24.0 Å². The van der Waals surface area contributed by atoms with Gasteiger partial charge < -0.3 is 19.7 Å². The molecule has 55 heavy (non-hydrogen) atoms. The van der Waals surface area contributed by atoms with Gasteiger partial charge in [0, 0.05) is 43.8 Å². The van der Waals surface area contributed by atoms with E-state index in [1.807, 2.05) is 101 Å². The molecule has 0 aromatic heterocycles. The maximum absolute atomic E-state index is 12.4. The molecule has 4 atom stereocenters. The van der Waals surface area contributed by atoms with Crippen molar-refractivity contribution in [3.63, 3.8) is 0 Å². The third-order valence-electron chi connectivity index (χ3n) is 9.47. The molecule has 0 saturated carbocycles. The quantitative estimate of drug-likeness (QED) is 0.154. The lowest BCUT2D eigenvalue weighted by atomic mass is 9.92. The largest absolute Gasteiger partial charge is 0.444 e. The molecule has 4 unspecified atom stereocenters. The smallest absolute Gasteiger partial charge is 0.410 e. The fourth-order valence-electron chi connectivity index (χ4n) is 7.28. The number of amides is 2. The van der Waals surface area contributed by atoms with Crippen molar-refractivity contribution >= 4 is 81.2 Å². The van der Waals surface area contributed by atoms with Crippen molar-refractivity contribution in [1.82, 2.24) is 10.2 Å². The van der Waals surface area contributed by atoms with E-state index in [9.17, 15) is 9.59 Å². The number of halogens is 5. The van der Waals surface area contributed by atoms with Gasteiger partial charge in [0.15, 0.2) is 0 Å². The molecule has 0 bridgehead atoms. The summed E-state index contributed by atoms with van der Waals surface area (Å²) in [7, 11) is 1.79. The van der Waals surface area contributed by atoms with Crippen molar-refractivity contribution < 1.29 is 19.1 Å². The monoisotopic (exact) mass is 938 g/mol. The van der Waals surface area contributed by atoms with Gasteiger partial charge in [-0.25, -0.2) is 9.59 Å². The molecule has 4 aromatic carbocycles. The number of alkyl carbamates (subject to hydrolysis) is 1. The van der Waals surface area contributed by atoms with Crippen LogP contribution in [0.4, 0.5) is 9.59 Å². The molecule has 0 radical (unpaired) electrons. The molecule has 2 aliphatic carbocycles. The van der Waals surface area contributed by atoms with Gasteiger partial charge in [0.05, 0.1) is 20.1 Å². The highest BCUT2D eigenvalue weighted by Crippen LogP contribution is 2.49. The van der Waals surface area contributed by atoms with E-state index >= 15 is 0 Å². The number of rotatable bonds is 6. The minimum Gasteiger partial charge on any atom is -0.444 e. The molecule has 0 aliphatic heterocycles. The number of alkyl halides is 1. The van der Waals surface area contributed by atoms with Gasteiger partial charge in [-0.05, 0) is 105 Å². The SMILES string of the molecule is CC(C)(C)OC(=O)NCC1CC(c2cccc(Cl)c2Cl)c2ccccc21.CI.CN(CC1CC(c2cccc(Cl)c2Cl)c2ccccc21)C(=O)OC(C)(C)C. The van der Waals surface area contributed by atoms with Crippen LogP contribution >= 0.6 is 69.0 Å². The first-order chi connectivity index (χ1) is 25.9. The Balaban J connectivity index is 0.000000234. The number of carbonyl (C=O) groups excluding carboxylic acids is 2. The Bertz CT molecular complexity index is 1940. The number of hydrogen-bond donors (Lipinski definition) is 1. The van der Waals surface area contributed by atoms with Crippen molar-refractivity contribution in [3.8, 4) is 0 Å². The zero-order valence-electron chi connectivity index (χ0n) is 32.7. The maximum Gasteiger partial charge on any atom is 0.410 e. The van der Waals surface area contributed by atoms with Gasteiger partial charge in [0.25, 0.3) is 0 Å². The summed E-state index contributed by atoms with van der Waals surface area (Å²) in [4.78, 5) is 28.0. The number of fused-ring (bicyclic) bond motifs is 2. The number of benzene rings is 4. The normalized spacial score (nSPS) is 18.4. The minimum atomic E-state index is -0.505. The van der Waals surface area contributed by atoms with E-state index in [0.29, 0.717) is 33.2 Å². The van der Waals surface area contributed by atoms with E-state index in [1.165, 1.54) is 22.3 Å². The number of nitrogens with one attached hydrogen (secondary N) is 1. The van der Waals surface area contributed by atoms with Crippen LogP contribution in [0, 0.1) is 0 Å². The van der Waals surface area contributed by atoms with E-state index in [-0.39, 0.29) is 35.9 Å². The van der Waals surface area contributed by atoms with E-state index in [2.05, 4.69) is 52.2 Å². The Morgan fingerprint density at radius 1 is 0.636 bits per heavy atom. The van der Waals surface area contributed by atoms with Gasteiger partial charge in [-0.2, -0.15) is 0 Å². The van der Waals surface area contributed by atoms with Gasteiger partial charge in [-0.15, -0.1) is 0 Å². The Kier molecular flexibility index (Phi) is 16.1. The number of likely N-dealkylation sites (N-methyl/N-ethyl adjacent to an activating group) is 1. The molecular weight excluding hydrogens is 889 g/mol. The first-order valence-corrected chi connectivity index (χ1v) is 21.9. The molecule has 0 spiro atoms. The van der Waals surface area contributed by atoms with Crippen LogP contribution in [0.5, 0.6) is 0 Å². The average Bonchev–Trinajstić information content (AvgIpc) is 3.68. The van der Waals surface area contributed by atoms with E-state index in [1.54, 1.807) is 18.0 Å². The van der Waals surface area contributed by atoms with Crippen molar-refractivity contribution in [2.45, 2.75) is 89.3 Å². The summed E-state index contributed by atoms with van der Waals surface area (Å²) in [5.41, 5.74) is 6.06. The van der Waals surface area contributed by atoms with Crippen LogP contribution in [0.15, 0.2) is 84.9 Å². The topological polar surface area (TPSA) is 67.9 Å². The van der Waals surface area contributed by atoms with Crippen LogP contribution in [-0.2, 0) is 9.47 Å². The molecule has 6 nitrogen and oxygen atoms in total. The first kappa shape index (κ1) is 45.0. The molecular formula is C44H51Cl4IN2O4. The highest BCUT2D eigenvalue weighted by molar-refractivity contribution is 14.1. The summed E-state index contributed by atoms with van der Waals surface area (Å²) in [5.74, 6) is 0.768. The zero-order valence-corrected chi connectivity index (χ0v) is 37.9. The first-order valence-electron chi connectivity index (χ1n) is 18.3. The fourth-order valence-corrected chi connectivity index (χ4v) is 8.16. The van der Waals surface area contributed by atoms with Gasteiger partial charge in [0.1, 0.15) is 11.2 Å². The van der Waals surface area contributed by atoms with Crippen molar-refractivity contribution in [2.24, 2.45) is 0 Å². The van der Waals surface area contributed by atoms with E-state index in [4.69, 9.17) is 55.9 Å². The second kappa shape index (κ2) is 19.6. The maximum atomic E-state index is 12.4. The highest BCUT2D eigenvalue weighted by Gasteiger charge is 2.36. The van der Waals surface area contributed by atoms with Crippen molar-refractivity contribution in [2.75, 3.05) is 25.1 Å². The predicted molar refractivity (Wildman–Crippen MR) is 237 cm³/mol. The van der Waals surface area contributed by atoms with Crippen LogP contribution in [0.3, 0.4) is 0 Å². The Morgan fingerprint density at radius 3 is 1.49 bits per heavy atom. The number of carbonyl (C=O) groups is 2. The molecule has 0 heterocycles. The lowest BCUT2D eigenvalue weighted by Crippen LogP contribution is -2.36. The van der Waals surface area contributed by atoms with Crippen molar-refractivity contribution in [3.05, 3.63) is 138 Å². The van der Waals surface area contributed by atoms with E-state index < -0.39 is 11.2 Å². The molecule has 6 rings (SSSR count). The number of hydrogen-bond acceptors (Lipinski definition) is 4. The molecule has 4 aromatic rings. The summed E-state index contributed by atoms with van der Waals surface area (Å²) in [6.07, 6.45) is 1.06. The van der Waals surface area contributed by atoms with Crippen LogP contribution in [-0.4, -0.2) is 53.4 Å². The third-order valence-corrected chi connectivity index (χ3v) is 11.1. The van der Waals surface area contributed by atoms with Crippen molar-refractivity contribution in [1.29, 1.82) is 0 Å². The van der Waals surface area contributed by atoms with Crippen LogP contribution in [0.2, 0.25) is 20.1 Å². The Labute approximate surface area is 360 Å². The van der Waals surface area contributed by atoms with Crippen LogP contribution in [0.1, 0.15) is 111 Å².